The van der Waals surface area contributed by atoms with Gasteiger partial charge >= 0.3 is 0 Å². The number of allylic oxidation sites excluding steroid dienone is 1. The smallest absolute Gasteiger partial charge is 0.236 e. The molecular formula is C94H71Cl2FN18O2. The number of nitrogens with two attached hydrogens (primary N) is 1. The maximum Gasteiger partial charge on any atom is 0.236 e. The van der Waals surface area contributed by atoms with E-state index < -0.39 is 0 Å². The number of para-hydroxylation sites is 8. The molecule has 1 atom stereocenters. The number of phenolic OH excluding ortho intramolecular Hbond substituents is 1. The molecule has 0 radical (unpaired) electrons. The van der Waals surface area contributed by atoms with Crippen LogP contribution < -0.4 is 26.4 Å². The zero-order valence-electron chi connectivity index (χ0n) is 63.7. The van der Waals surface area contributed by atoms with Crippen molar-refractivity contribution in [2.75, 3.05) is 16.0 Å². The lowest BCUT2D eigenvalue weighted by atomic mass is 9.81. The van der Waals surface area contributed by atoms with Crippen LogP contribution in [0.2, 0.25) is 10.2 Å². The van der Waals surface area contributed by atoms with E-state index in [9.17, 15) is 35.8 Å². The first-order chi connectivity index (χ1) is 57.1. The van der Waals surface area contributed by atoms with Gasteiger partial charge in [0.15, 0.2) is 16.9 Å². The van der Waals surface area contributed by atoms with E-state index in [-0.39, 0.29) is 23.4 Å². The average molecular weight is 1570 g/mol. The number of halogens is 3. The first-order valence-electron chi connectivity index (χ1n) is 37.6. The summed E-state index contributed by atoms with van der Waals surface area (Å²) in [7, 11) is 0. The highest BCUT2D eigenvalue weighted by Gasteiger charge is 2.32. The number of ether oxygens (including phenoxy) is 1. The fourth-order valence-corrected chi connectivity index (χ4v) is 15.2. The van der Waals surface area contributed by atoms with E-state index in [2.05, 4.69) is 78.1 Å². The molecule has 117 heavy (non-hydrogen) atoms. The lowest BCUT2D eigenvalue weighted by molar-refractivity contribution is 0.395. The second kappa shape index (κ2) is 33.9. The molecule has 0 spiro atoms. The number of aromatic nitrogens is 9. The predicted octanol–water partition coefficient (Wildman–Crippen LogP) is 21.8. The largest absolute Gasteiger partial charge is 0.508 e. The zero-order chi connectivity index (χ0) is 81.4. The van der Waals surface area contributed by atoms with E-state index >= 15 is 0 Å². The topological polar surface area (TPSA) is 293 Å². The number of fused-ring (bicyclic) bond motifs is 15. The number of hydrogen-bond acceptors (Lipinski definition) is 16. The van der Waals surface area contributed by atoms with Gasteiger partial charge < -0.3 is 31.5 Å². The van der Waals surface area contributed by atoms with Crippen molar-refractivity contribution in [2.45, 2.75) is 65.8 Å². The van der Waals surface area contributed by atoms with Crippen molar-refractivity contribution in [3.63, 3.8) is 0 Å². The van der Waals surface area contributed by atoms with Gasteiger partial charge in [0.05, 0.1) is 66.7 Å². The minimum atomic E-state index is -0.384. The monoisotopic (exact) mass is 1570 g/mol. The summed E-state index contributed by atoms with van der Waals surface area (Å²) in [6, 6.07) is 88.6. The van der Waals surface area contributed by atoms with Crippen LogP contribution in [0.15, 0.2) is 266 Å². The molecule has 1 aliphatic heterocycles. The Hall–Kier alpha value is -15.3. The lowest BCUT2D eigenvalue weighted by Gasteiger charge is -2.27. The maximum absolute atomic E-state index is 13.3. The van der Waals surface area contributed by atoms with Gasteiger partial charge in [0.2, 0.25) is 11.7 Å². The number of pyridine rings is 3. The van der Waals surface area contributed by atoms with Crippen LogP contribution in [0.25, 0.3) is 77.6 Å². The van der Waals surface area contributed by atoms with Crippen LogP contribution in [-0.4, -0.2) is 47.6 Å². The van der Waals surface area contributed by atoms with Gasteiger partial charge in [0.25, 0.3) is 0 Å². The van der Waals surface area contributed by atoms with Crippen LogP contribution in [-0.2, 0) is 13.0 Å². The number of imidazole rings is 4. The number of anilines is 5. The van der Waals surface area contributed by atoms with Gasteiger partial charge in [-0.3, -0.25) is 17.6 Å². The molecule has 20 nitrogen and oxygen atoms in total. The molecule has 18 aromatic rings. The Labute approximate surface area is 681 Å². The number of nitrogens with zero attached hydrogens (tertiary/aromatic N) is 14. The van der Waals surface area contributed by atoms with E-state index in [4.69, 9.17) is 33.7 Å². The van der Waals surface area contributed by atoms with Crippen molar-refractivity contribution in [1.82, 2.24) is 42.5 Å². The summed E-state index contributed by atoms with van der Waals surface area (Å²) in [5, 5.41) is 70.4. The highest BCUT2D eigenvalue weighted by molar-refractivity contribution is 6.31. The Morgan fingerprint density at radius 1 is 0.530 bits per heavy atom. The van der Waals surface area contributed by atoms with Crippen LogP contribution in [0.3, 0.4) is 0 Å². The minimum Gasteiger partial charge on any atom is -0.508 e. The zero-order valence-corrected chi connectivity index (χ0v) is 65.2. The van der Waals surface area contributed by atoms with Gasteiger partial charge in [-0.2, -0.15) is 31.3 Å². The van der Waals surface area contributed by atoms with E-state index in [1.807, 2.05) is 239 Å². The van der Waals surface area contributed by atoms with Crippen molar-refractivity contribution >= 4 is 130 Å². The number of hydrogen-bond donors (Lipinski definition) is 5. The number of unbranched alkanes of at least 4 members (excludes halogenated alkanes) is 2. The molecule has 0 saturated heterocycles. The van der Waals surface area contributed by atoms with E-state index in [0.29, 0.717) is 78.8 Å². The van der Waals surface area contributed by atoms with Gasteiger partial charge in [-0.05, 0) is 199 Å². The summed E-state index contributed by atoms with van der Waals surface area (Å²) >= 11 is 12.8. The quantitative estimate of drug-likeness (QED) is 0.0431. The Morgan fingerprint density at radius 2 is 1.08 bits per heavy atom. The molecule has 0 aliphatic carbocycles. The number of aromatic hydroxyl groups is 1. The number of benzene rings is 10. The summed E-state index contributed by atoms with van der Waals surface area (Å²) in [5.74, 6) is 3.03. The van der Waals surface area contributed by atoms with E-state index in [1.165, 1.54) is 18.6 Å². The minimum absolute atomic E-state index is 0.0922. The first-order valence-corrected chi connectivity index (χ1v) is 38.3. The molecule has 0 bridgehead atoms. The fourth-order valence-electron chi connectivity index (χ4n) is 14.6. The molecule has 0 fully saturated rings. The molecule has 10 aromatic carbocycles. The lowest BCUT2D eigenvalue weighted by Crippen LogP contribution is -2.21. The molecule has 0 saturated carbocycles. The number of phenols is 1. The summed E-state index contributed by atoms with van der Waals surface area (Å²) in [4.78, 5) is 22.9. The first kappa shape index (κ1) is 77.0. The van der Waals surface area contributed by atoms with Crippen molar-refractivity contribution in [3.05, 3.63) is 344 Å². The maximum atomic E-state index is 13.3. The van der Waals surface area contributed by atoms with Crippen LogP contribution in [0.4, 0.5) is 33.2 Å². The third-order valence-corrected chi connectivity index (χ3v) is 20.9. The normalized spacial score (nSPS) is 12.0. The summed E-state index contributed by atoms with van der Waals surface area (Å²) < 4.78 is 26.7. The fraction of sp³-hybridized carbons (Fsp3) is 0.106. The van der Waals surface area contributed by atoms with Crippen LogP contribution in [0.1, 0.15) is 93.3 Å². The SMILES string of the molecule is CCCCCc1c(C)c(C#N)c2nc3ccccc3n2c1Cl.Cc1cc(Nc2ccc(O)cc2)n2c(nc3ccccc32)c1C#N.Cc1cc(Nc2cccc(Cl)c2)n2c(nc3ccccc32)c1C#N.N#CC1=C(N)Oc2ccc3ccccc3c2C1c1ccc(F)cc1.N#Cc1cn2c(nc1NCc1ccccc1)nc1ccccc12. The Morgan fingerprint density at radius 3 is 1.66 bits per heavy atom. The Balaban J connectivity index is 0.000000115. The molecule has 19 rings (SSSR count). The molecule has 8 aromatic heterocycles. The molecule has 6 N–H and O–H groups in total. The third-order valence-electron chi connectivity index (χ3n) is 20.2. The summed E-state index contributed by atoms with van der Waals surface area (Å²) in [5.41, 5.74) is 26.1. The molecule has 9 heterocycles. The number of nitriles is 5. The van der Waals surface area contributed by atoms with Crippen molar-refractivity contribution in [2.24, 2.45) is 5.73 Å². The van der Waals surface area contributed by atoms with Crippen LogP contribution >= 0.6 is 23.2 Å². The number of nitrogens with one attached hydrogen (secondary N) is 3. The van der Waals surface area contributed by atoms with Gasteiger partial charge in [0.1, 0.15) is 81.4 Å². The molecule has 0 amide bonds. The highest BCUT2D eigenvalue weighted by atomic mass is 35.5. The number of rotatable bonds is 12. The Bertz CT molecular complexity index is 7140. The molecular weight excluding hydrogens is 1500 g/mol. The highest BCUT2D eigenvalue weighted by Crippen LogP contribution is 2.46. The van der Waals surface area contributed by atoms with E-state index in [1.54, 1.807) is 42.6 Å². The number of aryl methyl sites for hydroxylation is 2. The second-order valence-electron chi connectivity index (χ2n) is 27.7. The molecule has 1 aliphatic rings. The summed E-state index contributed by atoms with van der Waals surface area (Å²) in [6.07, 6.45) is 6.10. The average Bonchev–Trinajstić information content (AvgIpc) is 1.68. The van der Waals surface area contributed by atoms with Gasteiger partial charge in [-0.1, -0.05) is 170 Å². The van der Waals surface area contributed by atoms with Gasteiger partial charge in [-0.15, -0.1) is 0 Å². The molecule has 1 unspecified atom stereocenters. The van der Waals surface area contributed by atoms with E-state index in [0.717, 1.165) is 136 Å². The second-order valence-corrected chi connectivity index (χ2v) is 28.5. The molecule has 23 heteroatoms. The van der Waals surface area contributed by atoms with Crippen molar-refractivity contribution < 1.29 is 14.2 Å². The van der Waals surface area contributed by atoms with Crippen LogP contribution in [0, 0.1) is 83.2 Å². The van der Waals surface area contributed by atoms with Gasteiger partial charge in [0, 0.05) is 34.7 Å². The Kier molecular flexibility index (Phi) is 22.3. The predicted molar refractivity (Wildman–Crippen MR) is 459 cm³/mol. The summed E-state index contributed by atoms with van der Waals surface area (Å²) in [6.45, 7) is 8.59. The van der Waals surface area contributed by atoms with Crippen LogP contribution in [0.5, 0.6) is 11.5 Å². The van der Waals surface area contributed by atoms with Gasteiger partial charge in [-0.25, -0.2) is 24.3 Å². The molecule has 570 valence electrons. The van der Waals surface area contributed by atoms with Crippen molar-refractivity contribution in [1.29, 1.82) is 26.3 Å². The third kappa shape index (κ3) is 15.6. The standard InChI is InChI=1S/C20H13FN2O.C19H13ClN4.C19H14N4O.C18H18ClN3.C18H13N5/c21-14-8-5-13(6-9-14)18-16(11-22)20(23)24-17-10-7-12-3-1-2-4-15(12)19(17)18;1-12-9-18(22-14-6-4-5-13(20)10-14)24-17-8-3-2-7-16(17)23-19(24)15(12)11-21;1-12-10-18(21-13-6-8-14(24)9-7-13)23-17-5-3-2-4-16(17)22-19(23)15(12)11-20;1-3-4-5-8-13-12(2)14(11-20)18-21-15-9-6-7-10-16(15)22(18)17(13)19;19-10-14-12-23-16-9-5-4-8-15(16)21-18(23)22-17(14)20-11-13-6-2-1-3-7-13/h1-10,18H,23H2;2-10,22H,1H3;2-10,21,24H,1H3;6-7,9-10H,3-5,8H2,1-2H3;1-9,12H,11H2,(H,20,21,22). The van der Waals surface area contributed by atoms with Crippen molar-refractivity contribution in [3.8, 4) is 41.8 Å².